The fourth-order valence-electron chi connectivity index (χ4n) is 2.31. The van der Waals surface area contributed by atoms with E-state index in [1.54, 1.807) is 18.2 Å². The topological polar surface area (TPSA) is 38.0 Å². The Morgan fingerprint density at radius 3 is 2.80 bits per heavy atom. The molecule has 2 aromatic carbocycles. The van der Waals surface area contributed by atoms with E-state index in [0.717, 1.165) is 11.1 Å². The smallest absolute Gasteiger partial charge is 0.151 e. The van der Waals surface area contributed by atoms with E-state index in [2.05, 4.69) is 20.9 Å². The summed E-state index contributed by atoms with van der Waals surface area (Å²) in [6.45, 7) is 2.65. The summed E-state index contributed by atoms with van der Waals surface area (Å²) in [5.41, 5.74) is 1.86. The van der Waals surface area contributed by atoms with Crippen molar-refractivity contribution in [3.05, 3.63) is 46.7 Å². The molecule has 0 aliphatic heterocycles. The fraction of sp³-hybridized carbons (Fsp3) is 0.133. The van der Waals surface area contributed by atoms with Gasteiger partial charge in [-0.25, -0.2) is 9.37 Å². The molecule has 1 aromatic heterocycles. The Hall–Kier alpha value is -1.88. The number of fused-ring (bicyclic) bond motifs is 1. The van der Waals surface area contributed by atoms with Crippen LogP contribution >= 0.6 is 15.9 Å². The summed E-state index contributed by atoms with van der Waals surface area (Å²) in [7, 11) is 0. The molecule has 0 bridgehead atoms. The van der Waals surface area contributed by atoms with Crippen LogP contribution in [0.3, 0.4) is 0 Å². The van der Waals surface area contributed by atoms with E-state index >= 15 is 0 Å². The van der Waals surface area contributed by atoms with Crippen LogP contribution in [0.5, 0.6) is 5.75 Å². The third-order valence-corrected chi connectivity index (χ3v) is 3.92. The Kier molecular flexibility index (Phi) is 3.22. The van der Waals surface area contributed by atoms with Gasteiger partial charge in [0.25, 0.3) is 0 Å². The van der Waals surface area contributed by atoms with Crippen LogP contribution in [0.25, 0.3) is 22.4 Å². The average Bonchev–Trinajstić information content (AvgIpc) is 2.82. The summed E-state index contributed by atoms with van der Waals surface area (Å²) in [6, 6.07) is 10.1. The second-order valence-corrected chi connectivity index (χ2v) is 5.31. The zero-order chi connectivity index (χ0) is 14.3. The maximum absolute atomic E-state index is 13.8. The third kappa shape index (κ3) is 1.98. The van der Waals surface area contributed by atoms with Gasteiger partial charge in [0, 0.05) is 12.1 Å². The van der Waals surface area contributed by atoms with Crippen molar-refractivity contribution in [3.63, 3.8) is 0 Å². The van der Waals surface area contributed by atoms with Crippen LogP contribution in [-0.4, -0.2) is 14.7 Å². The molecule has 0 unspecified atom stereocenters. The van der Waals surface area contributed by atoms with Crippen molar-refractivity contribution >= 4 is 27.0 Å². The van der Waals surface area contributed by atoms with E-state index in [4.69, 9.17) is 0 Å². The number of aromatic nitrogens is 2. The molecular weight excluding hydrogens is 323 g/mol. The summed E-state index contributed by atoms with van der Waals surface area (Å²) in [5.74, 6) is 0.449. The Bertz CT molecular complexity index is 798. The largest absolute Gasteiger partial charge is 0.507 e. The number of hydrogen-bond acceptors (Lipinski definition) is 2. The van der Waals surface area contributed by atoms with Gasteiger partial charge >= 0.3 is 0 Å². The quantitative estimate of drug-likeness (QED) is 0.757. The Morgan fingerprint density at radius 2 is 2.10 bits per heavy atom. The minimum absolute atomic E-state index is 0.137. The summed E-state index contributed by atoms with van der Waals surface area (Å²) >= 11 is 3.25. The Balaban J connectivity index is 2.30. The van der Waals surface area contributed by atoms with Gasteiger partial charge in [-0.05, 0) is 53.2 Å². The Labute approximate surface area is 123 Å². The minimum Gasteiger partial charge on any atom is -0.507 e. The summed E-state index contributed by atoms with van der Waals surface area (Å²) in [5, 5.41) is 9.80. The van der Waals surface area contributed by atoms with Gasteiger partial charge in [-0.15, -0.1) is 0 Å². The number of phenolic OH excluding ortho intramolecular Hbond substituents is 1. The van der Waals surface area contributed by atoms with Crippen LogP contribution in [0, 0.1) is 5.82 Å². The van der Waals surface area contributed by atoms with Gasteiger partial charge in [-0.2, -0.15) is 0 Å². The van der Waals surface area contributed by atoms with Crippen molar-refractivity contribution in [2.24, 2.45) is 0 Å². The average molecular weight is 335 g/mol. The zero-order valence-electron chi connectivity index (χ0n) is 10.8. The molecule has 0 atom stereocenters. The second kappa shape index (κ2) is 4.90. The maximum Gasteiger partial charge on any atom is 0.151 e. The highest BCUT2D eigenvalue weighted by Crippen LogP contribution is 2.31. The number of aromatic hydroxyl groups is 1. The highest BCUT2D eigenvalue weighted by molar-refractivity contribution is 9.10. The molecule has 0 aliphatic carbocycles. The standard InChI is InChI=1S/C15H12BrFN2O/c1-2-19-12-5-3-4-11(17)14(12)18-15(19)9-6-7-10(16)13(20)8-9/h3-8,20H,2H2,1H3. The second-order valence-electron chi connectivity index (χ2n) is 4.45. The van der Waals surface area contributed by atoms with E-state index in [-0.39, 0.29) is 11.6 Å². The lowest BCUT2D eigenvalue weighted by atomic mass is 10.2. The fourth-order valence-corrected chi connectivity index (χ4v) is 2.55. The monoisotopic (exact) mass is 334 g/mol. The molecule has 3 rings (SSSR count). The van der Waals surface area contributed by atoms with Crippen LogP contribution in [0.15, 0.2) is 40.9 Å². The number of phenols is 1. The Morgan fingerprint density at radius 1 is 1.30 bits per heavy atom. The van der Waals surface area contributed by atoms with Crippen molar-refractivity contribution in [2.45, 2.75) is 13.5 Å². The number of halogens is 2. The number of aryl methyl sites for hydroxylation is 1. The molecule has 0 aliphatic rings. The van der Waals surface area contributed by atoms with Crippen molar-refractivity contribution in [2.75, 3.05) is 0 Å². The molecule has 102 valence electrons. The molecule has 0 saturated heterocycles. The lowest BCUT2D eigenvalue weighted by molar-refractivity contribution is 0.472. The molecule has 1 heterocycles. The van der Waals surface area contributed by atoms with Crippen LogP contribution < -0.4 is 0 Å². The van der Waals surface area contributed by atoms with E-state index < -0.39 is 0 Å². The number of rotatable bonds is 2. The predicted octanol–water partition coefficient (Wildman–Crippen LogP) is 4.33. The third-order valence-electron chi connectivity index (χ3n) is 3.25. The summed E-state index contributed by atoms with van der Waals surface area (Å²) in [4.78, 5) is 4.39. The molecule has 0 radical (unpaired) electrons. The van der Waals surface area contributed by atoms with E-state index in [1.807, 2.05) is 23.6 Å². The van der Waals surface area contributed by atoms with E-state index in [1.165, 1.54) is 6.07 Å². The first-order valence-electron chi connectivity index (χ1n) is 6.25. The molecule has 20 heavy (non-hydrogen) atoms. The molecule has 0 fully saturated rings. The normalized spacial score (nSPS) is 11.2. The molecule has 0 saturated carbocycles. The lowest BCUT2D eigenvalue weighted by Gasteiger charge is -2.07. The van der Waals surface area contributed by atoms with Crippen molar-refractivity contribution in [1.82, 2.24) is 9.55 Å². The lowest BCUT2D eigenvalue weighted by Crippen LogP contribution is -1.97. The highest BCUT2D eigenvalue weighted by Gasteiger charge is 2.14. The highest BCUT2D eigenvalue weighted by atomic mass is 79.9. The summed E-state index contributed by atoms with van der Waals surface area (Å²) < 4.78 is 16.4. The first kappa shape index (κ1) is 13.1. The maximum atomic E-state index is 13.8. The first-order valence-corrected chi connectivity index (χ1v) is 7.04. The van der Waals surface area contributed by atoms with Gasteiger partial charge in [-0.1, -0.05) is 6.07 Å². The molecule has 0 amide bonds. The molecule has 0 spiro atoms. The number of imidazole rings is 1. The van der Waals surface area contributed by atoms with Crippen LogP contribution in [0.4, 0.5) is 4.39 Å². The van der Waals surface area contributed by atoms with Gasteiger partial charge in [0.05, 0.1) is 9.99 Å². The molecule has 3 aromatic rings. The van der Waals surface area contributed by atoms with Crippen LogP contribution in [0.2, 0.25) is 0 Å². The molecule has 5 heteroatoms. The van der Waals surface area contributed by atoms with Gasteiger partial charge in [0.15, 0.2) is 5.82 Å². The van der Waals surface area contributed by atoms with E-state index in [0.29, 0.717) is 22.4 Å². The number of hydrogen-bond donors (Lipinski definition) is 1. The number of nitrogens with zero attached hydrogens (tertiary/aromatic N) is 2. The molecular formula is C15H12BrFN2O. The van der Waals surface area contributed by atoms with Gasteiger partial charge in [0.2, 0.25) is 0 Å². The van der Waals surface area contributed by atoms with E-state index in [9.17, 15) is 9.50 Å². The SMILES string of the molecule is CCn1c(-c2ccc(Br)c(O)c2)nc2c(F)cccc21. The van der Waals surface area contributed by atoms with Gasteiger partial charge < -0.3 is 9.67 Å². The minimum atomic E-state index is -0.336. The first-order chi connectivity index (χ1) is 9.61. The van der Waals surface area contributed by atoms with Crippen molar-refractivity contribution in [3.8, 4) is 17.1 Å². The zero-order valence-corrected chi connectivity index (χ0v) is 12.4. The number of benzene rings is 2. The molecule has 1 N–H and O–H groups in total. The van der Waals surface area contributed by atoms with Gasteiger partial charge in [0.1, 0.15) is 17.1 Å². The number of para-hydroxylation sites is 1. The molecule has 3 nitrogen and oxygen atoms in total. The van der Waals surface area contributed by atoms with Crippen LogP contribution in [-0.2, 0) is 6.54 Å². The van der Waals surface area contributed by atoms with Crippen molar-refractivity contribution < 1.29 is 9.50 Å². The van der Waals surface area contributed by atoms with Crippen molar-refractivity contribution in [1.29, 1.82) is 0 Å². The summed E-state index contributed by atoms with van der Waals surface area (Å²) in [6.07, 6.45) is 0. The predicted molar refractivity (Wildman–Crippen MR) is 80.2 cm³/mol. The van der Waals surface area contributed by atoms with Crippen LogP contribution in [0.1, 0.15) is 6.92 Å². The van der Waals surface area contributed by atoms with Gasteiger partial charge in [-0.3, -0.25) is 0 Å².